The Kier molecular flexibility index (Phi) is 7.21. The highest BCUT2D eigenvalue weighted by atomic mass is 16.6. The molecule has 0 aliphatic heterocycles. The summed E-state index contributed by atoms with van der Waals surface area (Å²) in [6.07, 6.45) is -1.19. The molecule has 25 heavy (non-hydrogen) atoms. The van der Waals surface area contributed by atoms with E-state index >= 15 is 0 Å². The van der Waals surface area contributed by atoms with Crippen LogP contribution in [0.1, 0.15) is 66.7 Å². The topological polar surface area (TPSA) is 97.5 Å². The Hall–Kier alpha value is -2.31. The number of ether oxygens (including phenoxy) is 2. The zero-order valence-corrected chi connectivity index (χ0v) is 16.0. The van der Waals surface area contributed by atoms with Crippen LogP contribution in [0.2, 0.25) is 0 Å². The van der Waals surface area contributed by atoms with Gasteiger partial charge in [-0.3, -0.25) is 4.79 Å². The van der Waals surface area contributed by atoms with Crippen LogP contribution in [0.15, 0.2) is 0 Å². The maximum atomic E-state index is 12.3. The van der Waals surface area contributed by atoms with Gasteiger partial charge in [0.25, 0.3) is 5.91 Å². The van der Waals surface area contributed by atoms with E-state index in [0.29, 0.717) is 29.3 Å². The van der Waals surface area contributed by atoms with E-state index in [9.17, 15) is 14.4 Å². The Balaban J connectivity index is 2.86. The number of aryl methyl sites for hydroxylation is 1. The molecule has 1 aromatic heterocycles. The van der Waals surface area contributed by atoms with Crippen LogP contribution >= 0.6 is 0 Å². The SMILES string of the molecule is Cc1[nH]c(C(=O)O[C@@H](C)C(=O)NCC(C)C)c(C)c1C(=O)OC(C)C. The highest BCUT2D eigenvalue weighted by molar-refractivity contribution is 5.99. The van der Waals surface area contributed by atoms with Crippen LogP contribution in [0.25, 0.3) is 0 Å². The molecule has 0 saturated carbocycles. The summed E-state index contributed by atoms with van der Waals surface area (Å²) in [5.74, 6) is -1.24. The summed E-state index contributed by atoms with van der Waals surface area (Å²) in [4.78, 5) is 39.3. The predicted octanol–water partition coefficient (Wildman–Crippen LogP) is 2.51. The van der Waals surface area contributed by atoms with Gasteiger partial charge in [0.1, 0.15) is 5.69 Å². The predicted molar refractivity (Wildman–Crippen MR) is 93.5 cm³/mol. The first-order valence-electron chi connectivity index (χ1n) is 8.43. The molecule has 1 atom stereocenters. The number of carbonyl (C=O) groups is 3. The first-order chi connectivity index (χ1) is 11.5. The van der Waals surface area contributed by atoms with Gasteiger partial charge >= 0.3 is 11.9 Å². The maximum absolute atomic E-state index is 12.3. The van der Waals surface area contributed by atoms with Gasteiger partial charge in [-0.05, 0) is 46.1 Å². The summed E-state index contributed by atoms with van der Waals surface area (Å²) in [6, 6.07) is 0. The van der Waals surface area contributed by atoms with E-state index in [0.717, 1.165) is 0 Å². The van der Waals surface area contributed by atoms with E-state index < -0.39 is 18.0 Å². The number of H-pyrrole nitrogens is 1. The van der Waals surface area contributed by atoms with Gasteiger partial charge in [0.05, 0.1) is 11.7 Å². The summed E-state index contributed by atoms with van der Waals surface area (Å²) in [5, 5.41) is 2.71. The smallest absolute Gasteiger partial charge is 0.355 e. The summed E-state index contributed by atoms with van der Waals surface area (Å²) in [7, 11) is 0. The monoisotopic (exact) mass is 352 g/mol. The largest absolute Gasteiger partial charge is 0.459 e. The van der Waals surface area contributed by atoms with Crippen molar-refractivity contribution in [3.63, 3.8) is 0 Å². The molecule has 0 bridgehead atoms. The standard InChI is InChI=1S/C18H28N2O5/c1-9(2)8-19-16(21)13(7)25-18(23)15-11(5)14(12(6)20-15)17(22)24-10(3)4/h9-10,13,20H,8H2,1-7H3,(H,19,21)/t13-/m0/s1. The number of aromatic nitrogens is 1. The number of nitrogens with one attached hydrogen (secondary N) is 2. The summed E-state index contributed by atoms with van der Waals surface area (Å²) >= 11 is 0. The molecule has 0 aliphatic carbocycles. The van der Waals surface area contributed by atoms with E-state index in [2.05, 4.69) is 10.3 Å². The Morgan fingerprint density at radius 3 is 2.12 bits per heavy atom. The molecule has 1 aromatic rings. The Morgan fingerprint density at radius 2 is 1.60 bits per heavy atom. The molecule has 0 saturated heterocycles. The van der Waals surface area contributed by atoms with Crippen LogP contribution in [0.4, 0.5) is 0 Å². The molecule has 0 fully saturated rings. The van der Waals surface area contributed by atoms with E-state index in [-0.39, 0.29) is 17.7 Å². The minimum atomic E-state index is -0.930. The van der Waals surface area contributed by atoms with Crippen molar-refractivity contribution in [1.29, 1.82) is 0 Å². The molecule has 1 heterocycles. The number of esters is 2. The molecule has 7 heteroatoms. The normalized spacial score (nSPS) is 12.2. The van der Waals surface area contributed by atoms with Crippen molar-refractivity contribution in [2.75, 3.05) is 6.54 Å². The average Bonchev–Trinajstić information content (AvgIpc) is 2.78. The van der Waals surface area contributed by atoms with Crippen molar-refractivity contribution in [3.05, 3.63) is 22.5 Å². The van der Waals surface area contributed by atoms with Crippen LogP contribution in [0.3, 0.4) is 0 Å². The summed E-state index contributed by atoms with van der Waals surface area (Å²) in [5.41, 5.74) is 1.43. The average molecular weight is 352 g/mol. The quantitative estimate of drug-likeness (QED) is 0.735. The molecular weight excluding hydrogens is 324 g/mol. The Bertz CT molecular complexity index is 646. The molecule has 0 aliphatic rings. The lowest BCUT2D eigenvalue weighted by Gasteiger charge is -2.14. The Labute approximate surface area is 148 Å². The molecule has 140 valence electrons. The zero-order chi connectivity index (χ0) is 19.3. The number of hydrogen-bond acceptors (Lipinski definition) is 5. The highest BCUT2D eigenvalue weighted by Gasteiger charge is 2.26. The van der Waals surface area contributed by atoms with E-state index in [1.807, 2.05) is 13.8 Å². The maximum Gasteiger partial charge on any atom is 0.355 e. The lowest BCUT2D eigenvalue weighted by atomic mass is 10.1. The van der Waals surface area contributed by atoms with Gasteiger partial charge in [-0.2, -0.15) is 0 Å². The van der Waals surface area contributed by atoms with Crippen molar-refractivity contribution >= 4 is 17.8 Å². The minimum absolute atomic E-state index is 0.150. The first kappa shape index (κ1) is 20.7. The number of rotatable bonds is 7. The summed E-state index contributed by atoms with van der Waals surface area (Å²) in [6.45, 7) is 12.8. The highest BCUT2D eigenvalue weighted by Crippen LogP contribution is 2.20. The van der Waals surface area contributed by atoms with Crippen molar-refractivity contribution in [1.82, 2.24) is 10.3 Å². The van der Waals surface area contributed by atoms with Crippen molar-refractivity contribution in [3.8, 4) is 0 Å². The number of amides is 1. The lowest BCUT2D eigenvalue weighted by Crippen LogP contribution is -2.37. The van der Waals surface area contributed by atoms with Gasteiger partial charge in [-0.25, -0.2) is 9.59 Å². The van der Waals surface area contributed by atoms with Crippen LogP contribution in [-0.2, 0) is 14.3 Å². The molecule has 7 nitrogen and oxygen atoms in total. The molecule has 1 amide bonds. The fourth-order valence-corrected chi connectivity index (χ4v) is 2.25. The van der Waals surface area contributed by atoms with Gasteiger partial charge in [-0.1, -0.05) is 13.8 Å². The molecule has 0 radical (unpaired) electrons. The van der Waals surface area contributed by atoms with Crippen LogP contribution in [0.5, 0.6) is 0 Å². The number of aromatic amines is 1. The third-order valence-electron chi connectivity index (χ3n) is 3.53. The van der Waals surface area contributed by atoms with Gasteiger partial charge in [-0.15, -0.1) is 0 Å². The summed E-state index contributed by atoms with van der Waals surface area (Å²) < 4.78 is 10.4. The second-order valence-corrected chi connectivity index (χ2v) is 6.77. The number of carbonyl (C=O) groups excluding carboxylic acids is 3. The third-order valence-corrected chi connectivity index (χ3v) is 3.53. The van der Waals surface area contributed by atoms with Gasteiger partial charge in [0.15, 0.2) is 6.10 Å². The Morgan fingerprint density at radius 1 is 1.00 bits per heavy atom. The molecule has 0 spiro atoms. The minimum Gasteiger partial charge on any atom is -0.459 e. The molecular formula is C18H28N2O5. The first-order valence-corrected chi connectivity index (χ1v) is 8.43. The fourth-order valence-electron chi connectivity index (χ4n) is 2.25. The lowest BCUT2D eigenvalue weighted by molar-refractivity contribution is -0.129. The van der Waals surface area contributed by atoms with Crippen LogP contribution in [-0.4, -0.2) is 41.6 Å². The number of hydrogen-bond donors (Lipinski definition) is 2. The second kappa shape index (κ2) is 8.69. The van der Waals surface area contributed by atoms with Crippen LogP contribution < -0.4 is 5.32 Å². The van der Waals surface area contributed by atoms with E-state index in [4.69, 9.17) is 9.47 Å². The molecule has 0 unspecified atom stereocenters. The van der Waals surface area contributed by atoms with Gasteiger partial charge in [0.2, 0.25) is 0 Å². The van der Waals surface area contributed by atoms with Gasteiger partial charge in [0, 0.05) is 12.2 Å². The van der Waals surface area contributed by atoms with Crippen molar-refractivity contribution in [2.24, 2.45) is 5.92 Å². The van der Waals surface area contributed by atoms with Crippen LogP contribution in [0, 0.1) is 19.8 Å². The second-order valence-electron chi connectivity index (χ2n) is 6.77. The third kappa shape index (κ3) is 5.62. The van der Waals surface area contributed by atoms with E-state index in [1.54, 1.807) is 27.7 Å². The fraction of sp³-hybridized carbons (Fsp3) is 0.611. The molecule has 1 rings (SSSR count). The van der Waals surface area contributed by atoms with E-state index in [1.165, 1.54) is 6.92 Å². The molecule has 0 aromatic carbocycles. The van der Waals surface area contributed by atoms with Crippen molar-refractivity contribution < 1.29 is 23.9 Å². The zero-order valence-electron chi connectivity index (χ0n) is 16.0. The molecule has 2 N–H and O–H groups in total. The van der Waals surface area contributed by atoms with Crippen molar-refractivity contribution in [2.45, 2.75) is 60.7 Å². The van der Waals surface area contributed by atoms with Gasteiger partial charge < -0.3 is 19.8 Å².